The Morgan fingerprint density at radius 1 is 1.19 bits per heavy atom. The predicted molar refractivity (Wildman–Crippen MR) is 122 cm³/mol. The highest BCUT2D eigenvalue weighted by Crippen LogP contribution is 2.25. The van der Waals surface area contributed by atoms with Crippen LogP contribution in [-0.4, -0.2) is 74.4 Å². The number of hydrogen-bond donors (Lipinski definition) is 0. The third-order valence-electron chi connectivity index (χ3n) is 6.09. The molecule has 1 aromatic heterocycles. The van der Waals surface area contributed by atoms with Crippen LogP contribution in [0.5, 0.6) is 0 Å². The first-order valence-corrected chi connectivity index (χ1v) is 11.1. The second-order valence-corrected chi connectivity index (χ2v) is 8.22. The Kier molecular flexibility index (Phi) is 6.60. The Balaban J connectivity index is 1.39. The molecular weight excluding hydrogens is 408 g/mol. The SMILES string of the molecule is CCc1cnc(N2CCN(C(=O)c3ccc(N4C(=O)OC[C@H]4COC)cc3)CC2)c(C)c1. The highest BCUT2D eigenvalue weighted by atomic mass is 16.6. The van der Waals surface area contributed by atoms with Gasteiger partial charge in [0.05, 0.1) is 12.6 Å². The van der Waals surface area contributed by atoms with Gasteiger partial charge in [-0.1, -0.05) is 13.0 Å². The number of ether oxygens (including phenoxy) is 2. The molecule has 2 aromatic rings. The van der Waals surface area contributed by atoms with Crippen LogP contribution < -0.4 is 9.80 Å². The number of aromatic nitrogens is 1. The highest BCUT2D eigenvalue weighted by Gasteiger charge is 2.34. The molecule has 0 aliphatic carbocycles. The van der Waals surface area contributed by atoms with E-state index in [1.54, 1.807) is 36.3 Å². The fourth-order valence-electron chi connectivity index (χ4n) is 4.31. The number of nitrogens with zero attached hydrogens (tertiary/aromatic N) is 4. The standard InChI is InChI=1S/C24H30N4O4/c1-4-18-13-17(2)22(25-14-18)26-9-11-27(12-10-26)23(29)19-5-7-20(8-6-19)28-21(15-31-3)16-32-24(28)30/h5-8,13-14,21H,4,9-12,15-16H2,1-3H3/t21-/m1/s1. The maximum absolute atomic E-state index is 13.0. The number of cyclic esters (lactones) is 1. The summed E-state index contributed by atoms with van der Waals surface area (Å²) in [5, 5.41) is 0. The minimum Gasteiger partial charge on any atom is -0.447 e. The summed E-state index contributed by atoms with van der Waals surface area (Å²) < 4.78 is 10.3. The number of aryl methyl sites for hydroxylation is 2. The zero-order valence-corrected chi connectivity index (χ0v) is 18.9. The number of carbonyl (C=O) groups is 2. The predicted octanol–water partition coefficient (Wildman–Crippen LogP) is 2.89. The molecular formula is C24H30N4O4. The second-order valence-electron chi connectivity index (χ2n) is 8.22. The van der Waals surface area contributed by atoms with E-state index in [-0.39, 0.29) is 11.9 Å². The molecule has 8 heteroatoms. The third-order valence-corrected chi connectivity index (χ3v) is 6.09. The third kappa shape index (κ3) is 4.41. The maximum atomic E-state index is 13.0. The highest BCUT2D eigenvalue weighted by molar-refractivity contribution is 5.96. The van der Waals surface area contributed by atoms with Crippen molar-refractivity contribution in [1.29, 1.82) is 0 Å². The lowest BCUT2D eigenvalue weighted by atomic mass is 10.1. The monoisotopic (exact) mass is 438 g/mol. The molecule has 32 heavy (non-hydrogen) atoms. The molecule has 0 bridgehead atoms. The first-order valence-electron chi connectivity index (χ1n) is 11.1. The summed E-state index contributed by atoms with van der Waals surface area (Å²) in [7, 11) is 1.60. The lowest BCUT2D eigenvalue weighted by Gasteiger charge is -2.36. The fourth-order valence-corrected chi connectivity index (χ4v) is 4.31. The van der Waals surface area contributed by atoms with E-state index in [1.165, 1.54) is 11.1 Å². The van der Waals surface area contributed by atoms with Crippen molar-refractivity contribution in [2.75, 3.05) is 56.3 Å². The van der Waals surface area contributed by atoms with Crippen LogP contribution in [0.3, 0.4) is 0 Å². The van der Waals surface area contributed by atoms with E-state index in [9.17, 15) is 9.59 Å². The minimum absolute atomic E-state index is 0.000322. The average Bonchev–Trinajstić information content (AvgIpc) is 3.19. The molecule has 2 saturated heterocycles. The van der Waals surface area contributed by atoms with Gasteiger partial charge in [0.25, 0.3) is 5.91 Å². The number of amides is 2. The summed E-state index contributed by atoms with van der Waals surface area (Å²) in [6, 6.07) is 9.16. The van der Waals surface area contributed by atoms with Crippen molar-refractivity contribution in [1.82, 2.24) is 9.88 Å². The van der Waals surface area contributed by atoms with Crippen LogP contribution in [0.25, 0.3) is 0 Å². The van der Waals surface area contributed by atoms with E-state index in [4.69, 9.17) is 9.47 Å². The van der Waals surface area contributed by atoms with Crippen LogP contribution in [0.2, 0.25) is 0 Å². The van der Waals surface area contributed by atoms with Gasteiger partial charge in [0.15, 0.2) is 0 Å². The minimum atomic E-state index is -0.391. The van der Waals surface area contributed by atoms with Crippen molar-refractivity contribution in [3.8, 4) is 0 Å². The Bertz CT molecular complexity index is 970. The van der Waals surface area contributed by atoms with Gasteiger partial charge in [-0.25, -0.2) is 9.78 Å². The molecule has 0 N–H and O–H groups in total. The van der Waals surface area contributed by atoms with Crippen LogP contribution in [0, 0.1) is 6.92 Å². The summed E-state index contributed by atoms with van der Waals surface area (Å²) in [5.41, 5.74) is 3.72. The van der Waals surface area contributed by atoms with Crippen LogP contribution in [0.15, 0.2) is 36.5 Å². The molecule has 1 aromatic carbocycles. The van der Waals surface area contributed by atoms with Crippen molar-refractivity contribution >= 4 is 23.5 Å². The maximum Gasteiger partial charge on any atom is 0.414 e. The summed E-state index contributed by atoms with van der Waals surface area (Å²) in [5.74, 6) is 1.00. The number of rotatable bonds is 6. The number of pyridine rings is 1. The summed E-state index contributed by atoms with van der Waals surface area (Å²) in [6.07, 6.45) is 2.52. The van der Waals surface area contributed by atoms with E-state index in [1.807, 2.05) is 11.1 Å². The van der Waals surface area contributed by atoms with Crippen LogP contribution >= 0.6 is 0 Å². The van der Waals surface area contributed by atoms with Crippen molar-refractivity contribution in [2.24, 2.45) is 0 Å². The molecule has 8 nitrogen and oxygen atoms in total. The molecule has 2 aliphatic heterocycles. The fraction of sp³-hybridized carbons (Fsp3) is 0.458. The smallest absolute Gasteiger partial charge is 0.414 e. The zero-order chi connectivity index (χ0) is 22.7. The van der Waals surface area contributed by atoms with Crippen molar-refractivity contribution in [2.45, 2.75) is 26.3 Å². The summed E-state index contributed by atoms with van der Waals surface area (Å²) in [6.45, 7) is 7.70. The van der Waals surface area contributed by atoms with Gasteiger partial charge >= 0.3 is 6.09 Å². The van der Waals surface area contributed by atoms with E-state index in [0.717, 1.165) is 25.3 Å². The zero-order valence-electron chi connectivity index (χ0n) is 18.9. The molecule has 0 spiro atoms. The molecule has 0 radical (unpaired) electrons. The molecule has 1 atom stereocenters. The second kappa shape index (κ2) is 9.56. The molecule has 4 rings (SSSR count). The molecule has 2 aliphatic rings. The Morgan fingerprint density at radius 2 is 1.91 bits per heavy atom. The number of piperazine rings is 1. The van der Waals surface area contributed by atoms with Gasteiger partial charge in [-0.2, -0.15) is 0 Å². The molecule has 0 unspecified atom stereocenters. The average molecular weight is 439 g/mol. The normalized spacial score (nSPS) is 18.8. The summed E-state index contributed by atoms with van der Waals surface area (Å²) >= 11 is 0. The Hall–Kier alpha value is -3.13. The molecule has 2 fully saturated rings. The topological polar surface area (TPSA) is 75.2 Å². The van der Waals surface area contributed by atoms with Gasteiger partial charge in [-0.05, 0) is 48.7 Å². The number of benzene rings is 1. The van der Waals surface area contributed by atoms with E-state index in [2.05, 4.69) is 29.8 Å². The van der Waals surface area contributed by atoms with E-state index < -0.39 is 6.09 Å². The van der Waals surface area contributed by atoms with Gasteiger partial charge in [0.2, 0.25) is 0 Å². The largest absolute Gasteiger partial charge is 0.447 e. The first kappa shape index (κ1) is 22.1. The van der Waals surface area contributed by atoms with Crippen molar-refractivity contribution in [3.63, 3.8) is 0 Å². The van der Waals surface area contributed by atoms with E-state index in [0.29, 0.717) is 37.6 Å². The first-order chi connectivity index (χ1) is 15.5. The molecule has 3 heterocycles. The van der Waals surface area contributed by atoms with Gasteiger partial charge in [-0.15, -0.1) is 0 Å². The summed E-state index contributed by atoms with van der Waals surface area (Å²) in [4.78, 5) is 35.5. The lowest BCUT2D eigenvalue weighted by Crippen LogP contribution is -2.49. The van der Waals surface area contributed by atoms with Crippen molar-refractivity contribution in [3.05, 3.63) is 53.2 Å². The molecule has 0 saturated carbocycles. The van der Waals surface area contributed by atoms with Gasteiger partial charge in [0.1, 0.15) is 12.4 Å². The van der Waals surface area contributed by atoms with Gasteiger partial charge < -0.3 is 19.3 Å². The van der Waals surface area contributed by atoms with Gasteiger partial charge in [0, 0.05) is 50.7 Å². The molecule has 2 amide bonds. The van der Waals surface area contributed by atoms with Crippen LogP contribution in [0.1, 0.15) is 28.4 Å². The number of carbonyl (C=O) groups excluding carboxylic acids is 2. The quantitative estimate of drug-likeness (QED) is 0.690. The number of anilines is 2. The molecule has 170 valence electrons. The van der Waals surface area contributed by atoms with Crippen molar-refractivity contribution < 1.29 is 19.1 Å². The Morgan fingerprint density at radius 3 is 2.53 bits per heavy atom. The Labute approximate surface area is 188 Å². The number of methoxy groups -OCH3 is 1. The van der Waals surface area contributed by atoms with Crippen LogP contribution in [0.4, 0.5) is 16.3 Å². The van der Waals surface area contributed by atoms with Crippen LogP contribution in [-0.2, 0) is 15.9 Å². The van der Waals surface area contributed by atoms with Gasteiger partial charge in [-0.3, -0.25) is 9.69 Å². The van der Waals surface area contributed by atoms with E-state index >= 15 is 0 Å². The lowest BCUT2D eigenvalue weighted by molar-refractivity contribution is 0.0746. The number of hydrogen-bond acceptors (Lipinski definition) is 6.